The van der Waals surface area contributed by atoms with E-state index in [1.165, 1.54) is 32.5 Å². The summed E-state index contributed by atoms with van der Waals surface area (Å²) in [6, 6.07) is 0. The first-order chi connectivity index (χ1) is 6.34. The van der Waals surface area contributed by atoms with Crippen molar-refractivity contribution < 1.29 is 4.79 Å². The highest BCUT2D eigenvalue weighted by Crippen LogP contribution is 2.23. The van der Waals surface area contributed by atoms with Gasteiger partial charge in [-0.2, -0.15) is 0 Å². The molecule has 0 bridgehead atoms. The maximum Gasteiger partial charge on any atom is 0.132 e. The molecule has 0 aromatic rings. The molecule has 2 aliphatic rings. The van der Waals surface area contributed by atoms with Crippen LogP contribution in [0.2, 0.25) is 0 Å². The molecule has 0 N–H and O–H groups in total. The van der Waals surface area contributed by atoms with Crippen molar-refractivity contribution in [2.75, 3.05) is 19.6 Å². The molecule has 1 saturated heterocycles. The molecule has 2 fully saturated rings. The summed E-state index contributed by atoms with van der Waals surface area (Å²) in [5.41, 5.74) is 0. The first-order valence-corrected chi connectivity index (χ1v) is 5.58. The minimum Gasteiger partial charge on any atom is -0.303 e. The molecular weight excluding hydrogens is 162 g/mol. The van der Waals surface area contributed by atoms with Gasteiger partial charge in [-0.25, -0.2) is 0 Å². The molecular formula is C11H19NO. The molecule has 0 aromatic heterocycles. The maximum atomic E-state index is 11.0. The number of nitrogens with zero attached hydrogens (tertiary/aromatic N) is 1. The van der Waals surface area contributed by atoms with Crippen molar-refractivity contribution in [3.63, 3.8) is 0 Å². The van der Waals surface area contributed by atoms with E-state index < -0.39 is 0 Å². The van der Waals surface area contributed by atoms with E-state index in [2.05, 4.69) is 4.90 Å². The highest BCUT2D eigenvalue weighted by Gasteiger charge is 2.22. The van der Waals surface area contributed by atoms with Crippen LogP contribution in [0.25, 0.3) is 0 Å². The molecule has 2 nitrogen and oxygen atoms in total. The fourth-order valence-electron chi connectivity index (χ4n) is 2.51. The monoisotopic (exact) mass is 181 g/mol. The predicted molar refractivity (Wildman–Crippen MR) is 52.6 cm³/mol. The second-order valence-electron chi connectivity index (χ2n) is 4.49. The number of ketones is 1. The van der Waals surface area contributed by atoms with Crippen LogP contribution < -0.4 is 0 Å². The second-order valence-corrected chi connectivity index (χ2v) is 4.49. The van der Waals surface area contributed by atoms with Crippen molar-refractivity contribution in [1.29, 1.82) is 0 Å². The van der Waals surface area contributed by atoms with Gasteiger partial charge in [-0.05, 0) is 44.7 Å². The van der Waals surface area contributed by atoms with E-state index in [0.717, 1.165) is 31.6 Å². The molecule has 1 aliphatic heterocycles. The SMILES string of the molecule is O=C1CCC(CN2CCCC2)CC1. The van der Waals surface area contributed by atoms with Crippen molar-refractivity contribution in [3.8, 4) is 0 Å². The summed E-state index contributed by atoms with van der Waals surface area (Å²) >= 11 is 0. The summed E-state index contributed by atoms with van der Waals surface area (Å²) in [6.07, 6.45) is 6.75. The van der Waals surface area contributed by atoms with Crippen LogP contribution in [0, 0.1) is 5.92 Å². The molecule has 13 heavy (non-hydrogen) atoms. The topological polar surface area (TPSA) is 20.3 Å². The van der Waals surface area contributed by atoms with Crippen LogP contribution in [0.5, 0.6) is 0 Å². The van der Waals surface area contributed by atoms with Crippen LogP contribution in [0.3, 0.4) is 0 Å². The Labute approximate surface area is 80.3 Å². The second kappa shape index (κ2) is 4.23. The maximum absolute atomic E-state index is 11.0. The Morgan fingerprint density at radius 1 is 1.15 bits per heavy atom. The number of likely N-dealkylation sites (tertiary alicyclic amines) is 1. The Balaban J connectivity index is 1.72. The Kier molecular flexibility index (Phi) is 2.99. The van der Waals surface area contributed by atoms with Gasteiger partial charge in [0, 0.05) is 19.4 Å². The third-order valence-electron chi connectivity index (χ3n) is 3.38. The van der Waals surface area contributed by atoms with Crippen molar-refractivity contribution in [2.24, 2.45) is 5.92 Å². The summed E-state index contributed by atoms with van der Waals surface area (Å²) in [4.78, 5) is 13.6. The lowest BCUT2D eigenvalue weighted by atomic mass is 9.88. The minimum atomic E-state index is 0.484. The van der Waals surface area contributed by atoms with E-state index in [4.69, 9.17) is 0 Å². The summed E-state index contributed by atoms with van der Waals surface area (Å²) in [5, 5.41) is 0. The number of rotatable bonds is 2. The fourth-order valence-corrected chi connectivity index (χ4v) is 2.51. The number of hydrogen-bond donors (Lipinski definition) is 0. The standard InChI is InChI=1S/C11H19NO/c13-11-5-3-10(4-6-11)9-12-7-1-2-8-12/h10H,1-9H2. The molecule has 1 heterocycles. The van der Waals surface area contributed by atoms with Crippen LogP contribution in [-0.4, -0.2) is 30.3 Å². The van der Waals surface area contributed by atoms with Gasteiger partial charge in [0.25, 0.3) is 0 Å². The lowest BCUT2D eigenvalue weighted by Crippen LogP contribution is -2.29. The zero-order valence-corrected chi connectivity index (χ0v) is 8.30. The molecule has 0 spiro atoms. The van der Waals surface area contributed by atoms with Crippen LogP contribution in [-0.2, 0) is 4.79 Å². The van der Waals surface area contributed by atoms with Crippen LogP contribution in [0.1, 0.15) is 38.5 Å². The molecule has 2 heteroatoms. The summed E-state index contributed by atoms with van der Waals surface area (Å²) in [5.74, 6) is 1.30. The van der Waals surface area contributed by atoms with E-state index in [1.807, 2.05) is 0 Å². The van der Waals surface area contributed by atoms with Gasteiger partial charge in [-0.15, -0.1) is 0 Å². The molecule has 1 aliphatic carbocycles. The van der Waals surface area contributed by atoms with Crippen LogP contribution in [0.4, 0.5) is 0 Å². The number of Topliss-reactive ketones (excluding diaryl/α,β-unsaturated/α-hetero) is 1. The van der Waals surface area contributed by atoms with Crippen molar-refractivity contribution in [3.05, 3.63) is 0 Å². The van der Waals surface area contributed by atoms with Gasteiger partial charge in [-0.3, -0.25) is 4.79 Å². The summed E-state index contributed by atoms with van der Waals surface area (Å²) < 4.78 is 0. The smallest absolute Gasteiger partial charge is 0.132 e. The molecule has 0 radical (unpaired) electrons. The van der Waals surface area contributed by atoms with E-state index in [0.29, 0.717) is 5.78 Å². The van der Waals surface area contributed by atoms with Gasteiger partial charge >= 0.3 is 0 Å². The average molecular weight is 181 g/mol. The van der Waals surface area contributed by atoms with E-state index in [1.54, 1.807) is 0 Å². The van der Waals surface area contributed by atoms with Gasteiger partial charge < -0.3 is 4.90 Å². The fraction of sp³-hybridized carbons (Fsp3) is 0.909. The largest absolute Gasteiger partial charge is 0.303 e. The quantitative estimate of drug-likeness (QED) is 0.648. The minimum absolute atomic E-state index is 0.484. The van der Waals surface area contributed by atoms with Gasteiger partial charge in [0.05, 0.1) is 0 Å². The van der Waals surface area contributed by atoms with Crippen molar-refractivity contribution in [2.45, 2.75) is 38.5 Å². The van der Waals surface area contributed by atoms with E-state index >= 15 is 0 Å². The Bertz CT molecular complexity index is 175. The highest BCUT2D eigenvalue weighted by molar-refractivity contribution is 5.79. The average Bonchev–Trinajstić information content (AvgIpc) is 2.62. The third kappa shape index (κ3) is 2.53. The van der Waals surface area contributed by atoms with Gasteiger partial charge in [0.2, 0.25) is 0 Å². The highest BCUT2D eigenvalue weighted by atomic mass is 16.1. The van der Waals surface area contributed by atoms with Gasteiger partial charge in [-0.1, -0.05) is 0 Å². The van der Waals surface area contributed by atoms with Gasteiger partial charge in [0.15, 0.2) is 0 Å². The predicted octanol–water partition coefficient (Wildman–Crippen LogP) is 1.84. The molecule has 0 atom stereocenters. The lowest BCUT2D eigenvalue weighted by molar-refractivity contribution is -0.121. The molecule has 0 aromatic carbocycles. The van der Waals surface area contributed by atoms with Crippen LogP contribution >= 0.6 is 0 Å². The number of carbonyl (C=O) groups is 1. The Morgan fingerprint density at radius 2 is 1.77 bits per heavy atom. The lowest BCUT2D eigenvalue weighted by Gasteiger charge is -2.25. The summed E-state index contributed by atoms with van der Waals surface area (Å²) in [7, 11) is 0. The Morgan fingerprint density at radius 3 is 2.38 bits per heavy atom. The third-order valence-corrected chi connectivity index (χ3v) is 3.38. The molecule has 74 valence electrons. The number of carbonyl (C=O) groups excluding carboxylic acids is 1. The first-order valence-electron chi connectivity index (χ1n) is 5.58. The summed E-state index contributed by atoms with van der Waals surface area (Å²) in [6.45, 7) is 3.85. The first kappa shape index (κ1) is 9.20. The van der Waals surface area contributed by atoms with Gasteiger partial charge in [0.1, 0.15) is 5.78 Å². The van der Waals surface area contributed by atoms with E-state index in [9.17, 15) is 4.79 Å². The normalized spacial score (nSPS) is 26.9. The van der Waals surface area contributed by atoms with Crippen molar-refractivity contribution in [1.82, 2.24) is 4.90 Å². The molecule has 1 saturated carbocycles. The molecule has 0 amide bonds. The zero-order chi connectivity index (χ0) is 9.10. The Hall–Kier alpha value is -0.370. The number of hydrogen-bond acceptors (Lipinski definition) is 2. The molecule has 0 unspecified atom stereocenters. The zero-order valence-electron chi connectivity index (χ0n) is 8.30. The van der Waals surface area contributed by atoms with Crippen molar-refractivity contribution >= 4 is 5.78 Å². The van der Waals surface area contributed by atoms with E-state index in [-0.39, 0.29) is 0 Å². The molecule has 2 rings (SSSR count). The van der Waals surface area contributed by atoms with Crippen LogP contribution in [0.15, 0.2) is 0 Å².